The lowest BCUT2D eigenvalue weighted by atomic mass is 9.96. The smallest absolute Gasteiger partial charge is 0.244 e. The summed E-state index contributed by atoms with van der Waals surface area (Å²) in [4.78, 5) is 26.9. The predicted molar refractivity (Wildman–Crippen MR) is 105 cm³/mol. The third kappa shape index (κ3) is 2.37. The number of hydrogen-bond acceptors (Lipinski definition) is 4. The Hall–Kier alpha value is -3.13. The summed E-state index contributed by atoms with van der Waals surface area (Å²) < 4.78 is 22.0. The summed E-state index contributed by atoms with van der Waals surface area (Å²) in [5.41, 5.74) is -1.10. The fourth-order valence-corrected chi connectivity index (χ4v) is 5.77. The van der Waals surface area contributed by atoms with Crippen molar-refractivity contribution < 1.29 is 4.21 Å². The summed E-state index contributed by atoms with van der Waals surface area (Å²) in [6.07, 6.45) is 5.50. The summed E-state index contributed by atoms with van der Waals surface area (Å²) >= 11 is 0. The molecule has 1 aromatic heterocycles. The molecule has 0 saturated heterocycles. The molecule has 0 saturated carbocycles. The first-order chi connectivity index (χ1) is 13.6. The van der Waals surface area contributed by atoms with E-state index in [0.717, 1.165) is 17.5 Å². The summed E-state index contributed by atoms with van der Waals surface area (Å²) in [7, 11) is -3.22. The maximum Gasteiger partial charge on any atom is 0.369 e. The highest BCUT2D eigenvalue weighted by Crippen LogP contribution is 2.33. The van der Waals surface area contributed by atoms with E-state index in [9.17, 15) is 13.8 Å². The monoisotopic (exact) mass is 394 g/mol. The van der Waals surface area contributed by atoms with Crippen molar-refractivity contribution in [2.45, 2.75) is 34.7 Å². The van der Waals surface area contributed by atoms with Crippen LogP contribution in [0, 0.1) is 0 Å². The lowest BCUT2D eigenvalue weighted by Gasteiger charge is -2.32. The van der Waals surface area contributed by atoms with Crippen LogP contribution in [0.3, 0.4) is 0 Å². The molecule has 3 heterocycles. The van der Waals surface area contributed by atoms with Crippen LogP contribution in [0.25, 0.3) is 0 Å². The van der Waals surface area contributed by atoms with E-state index < -0.39 is 21.1 Å². The second-order valence-electron chi connectivity index (χ2n) is 6.90. The van der Waals surface area contributed by atoms with Gasteiger partial charge in [-0.05, 0) is 37.1 Å². The Morgan fingerprint density at radius 1 is 0.750 bits per heavy atom. The van der Waals surface area contributed by atoms with E-state index >= 15 is 0 Å². The van der Waals surface area contributed by atoms with Crippen molar-refractivity contribution in [3.05, 3.63) is 93.8 Å². The first kappa shape index (κ1) is 17.0. The van der Waals surface area contributed by atoms with Gasteiger partial charge >= 0.3 is 11.4 Å². The van der Waals surface area contributed by atoms with Crippen LogP contribution in [0.2, 0.25) is 0 Å². The standard InChI is InChI=1S/C20H18N4O3S/c25-19-22(20(26)24-16-12-11-15(13-14-16)23(19)24)21-28(27,17-7-3-1-4-8-17)18-9-5-2-6-10-18/h1-12,15-16H,13-14H2/t15-,16+. The largest absolute Gasteiger partial charge is 0.369 e. The minimum atomic E-state index is -3.22. The average Bonchev–Trinajstić information content (AvgIpc) is 3.02. The predicted octanol–water partition coefficient (Wildman–Crippen LogP) is 2.61. The molecule has 0 fully saturated rings. The molecule has 1 aliphatic carbocycles. The van der Waals surface area contributed by atoms with Crippen molar-refractivity contribution in [2.24, 2.45) is 4.47 Å². The molecule has 3 aliphatic rings. The minimum Gasteiger partial charge on any atom is -0.244 e. The number of hydrogen-bond donors (Lipinski definition) is 0. The third-order valence-corrected chi connectivity index (χ3v) is 7.47. The van der Waals surface area contributed by atoms with Crippen molar-refractivity contribution in [1.82, 2.24) is 14.0 Å². The molecule has 6 rings (SSSR count). The van der Waals surface area contributed by atoms with Crippen LogP contribution >= 0.6 is 0 Å². The van der Waals surface area contributed by atoms with E-state index in [1.807, 2.05) is 24.3 Å². The van der Waals surface area contributed by atoms with Gasteiger partial charge in [-0.3, -0.25) is 0 Å². The topological polar surface area (TPSA) is 78.4 Å². The first-order valence-corrected chi connectivity index (χ1v) is 10.6. The summed E-state index contributed by atoms with van der Waals surface area (Å²) in [6.45, 7) is 0. The molecule has 2 aromatic carbocycles. The molecule has 0 radical (unpaired) electrons. The van der Waals surface area contributed by atoms with E-state index in [0.29, 0.717) is 9.79 Å². The highest BCUT2D eigenvalue weighted by Gasteiger charge is 2.34. The van der Waals surface area contributed by atoms with Crippen molar-refractivity contribution >= 4 is 9.73 Å². The van der Waals surface area contributed by atoms with Crippen LogP contribution in [-0.2, 0) is 9.73 Å². The quantitative estimate of drug-likeness (QED) is 0.641. The molecule has 0 spiro atoms. The van der Waals surface area contributed by atoms with Crippen LogP contribution in [0.5, 0.6) is 0 Å². The Bertz CT molecular complexity index is 1220. The molecular weight excluding hydrogens is 376 g/mol. The number of rotatable bonds is 3. The molecule has 0 amide bonds. The second kappa shape index (κ2) is 6.20. The van der Waals surface area contributed by atoms with Gasteiger partial charge in [-0.1, -0.05) is 53.0 Å². The normalized spacial score (nSPS) is 20.1. The van der Waals surface area contributed by atoms with Gasteiger partial charge in [0.25, 0.3) is 0 Å². The molecule has 3 aromatic rings. The SMILES string of the molecule is O=c1n(N=S(=O)(c2ccccc2)c2ccccc2)c(=O)n2n1[C@@H]1C=C[C@H]2CC1. The van der Waals surface area contributed by atoms with Crippen LogP contribution in [0.4, 0.5) is 0 Å². The van der Waals surface area contributed by atoms with Gasteiger partial charge in [0, 0.05) is 0 Å². The number of nitrogens with zero attached hydrogens (tertiary/aromatic N) is 4. The Morgan fingerprint density at radius 3 is 1.57 bits per heavy atom. The third-order valence-electron chi connectivity index (χ3n) is 5.25. The number of fused-ring (bicyclic) bond motifs is 1. The minimum absolute atomic E-state index is 0.161. The van der Waals surface area contributed by atoms with Crippen molar-refractivity contribution in [1.29, 1.82) is 0 Å². The van der Waals surface area contributed by atoms with E-state index in [2.05, 4.69) is 4.47 Å². The number of allylic oxidation sites excluding steroid dienone is 2. The van der Waals surface area contributed by atoms with Crippen LogP contribution < -0.4 is 11.4 Å². The zero-order valence-electron chi connectivity index (χ0n) is 14.9. The van der Waals surface area contributed by atoms with Crippen molar-refractivity contribution in [3.8, 4) is 0 Å². The molecule has 8 heteroatoms. The van der Waals surface area contributed by atoms with Gasteiger partial charge in [0.05, 0.1) is 21.9 Å². The van der Waals surface area contributed by atoms with Gasteiger partial charge in [-0.2, -0.15) is 0 Å². The molecule has 7 nitrogen and oxygen atoms in total. The fourth-order valence-electron chi connectivity index (χ4n) is 3.89. The number of aromatic nitrogens is 3. The Kier molecular flexibility index (Phi) is 3.77. The van der Waals surface area contributed by atoms with Gasteiger partial charge in [0.15, 0.2) is 0 Å². The van der Waals surface area contributed by atoms with E-state index in [1.165, 1.54) is 9.36 Å². The van der Waals surface area contributed by atoms with Gasteiger partial charge in [0.2, 0.25) is 0 Å². The molecule has 28 heavy (non-hydrogen) atoms. The summed E-state index contributed by atoms with van der Waals surface area (Å²) in [5, 5.41) is 0. The molecule has 0 unspecified atom stereocenters. The van der Waals surface area contributed by atoms with Crippen LogP contribution in [0.1, 0.15) is 24.9 Å². The van der Waals surface area contributed by atoms with Crippen molar-refractivity contribution in [2.75, 3.05) is 0 Å². The van der Waals surface area contributed by atoms with E-state index in [1.54, 1.807) is 48.5 Å². The summed E-state index contributed by atoms with van der Waals surface area (Å²) in [5.74, 6) is 0. The molecule has 142 valence electrons. The highest BCUT2D eigenvalue weighted by atomic mass is 32.2. The molecule has 2 bridgehead atoms. The lowest BCUT2D eigenvalue weighted by molar-refractivity contribution is 0.257. The maximum absolute atomic E-state index is 14.1. The zero-order valence-corrected chi connectivity index (χ0v) is 15.7. The first-order valence-electron chi connectivity index (χ1n) is 9.11. The van der Waals surface area contributed by atoms with Gasteiger partial charge in [0.1, 0.15) is 9.73 Å². The zero-order chi connectivity index (χ0) is 19.3. The van der Waals surface area contributed by atoms with Gasteiger partial charge in [-0.25, -0.2) is 23.2 Å². The fraction of sp³-hybridized carbons (Fsp3) is 0.200. The van der Waals surface area contributed by atoms with E-state index in [-0.39, 0.29) is 12.1 Å². The van der Waals surface area contributed by atoms with Crippen LogP contribution in [0.15, 0.2) is 96.7 Å². The average molecular weight is 394 g/mol. The van der Waals surface area contributed by atoms with Gasteiger partial charge < -0.3 is 0 Å². The van der Waals surface area contributed by atoms with Crippen LogP contribution in [-0.4, -0.2) is 18.2 Å². The highest BCUT2D eigenvalue weighted by molar-refractivity contribution is 7.93. The Labute approximate surface area is 161 Å². The summed E-state index contributed by atoms with van der Waals surface area (Å²) in [6, 6.07) is 17.1. The molecule has 0 N–H and O–H groups in total. The lowest BCUT2D eigenvalue weighted by Crippen LogP contribution is -2.39. The molecular formula is C20H18N4O3S. The Morgan fingerprint density at radius 2 is 1.18 bits per heavy atom. The van der Waals surface area contributed by atoms with Crippen molar-refractivity contribution in [3.63, 3.8) is 0 Å². The number of benzene rings is 2. The Balaban J connectivity index is 1.82. The molecule has 2 aliphatic heterocycles. The second-order valence-corrected chi connectivity index (χ2v) is 9.05. The van der Waals surface area contributed by atoms with Gasteiger partial charge in [-0.15, -0.1) is 4.68 Å². The maximum atomic E-state index is 14.1. The molecule has 2 atom stereocenters. The van der Waals surface area contributed by atoms with E-state index in [4.69, 9.17) is 0 Å².